The van der Waals surface area contributed by atoms with Crippen LogP contribution in [-0.4, -0.2) is 60.6 Å². The van der Waals surface area contributed by atoms with Crippen LogP contribution in [0, 0.1) is 5.41 Å². The van der Waals surface area contributed by atoms with Gasteiger partial charge in [0.15, 0.2) is 5.69 Å². The average molecular weight is 541 g/mol. The molecule has 0 saturated carbocycles. The average Bonchev–Trinajstić information content (AvgIpc) is 3.33. The molecule has 1 saturated heterocycles. The summed E-state index contributed by atoms with van der Waals surface area (Å²) in [5, 5.41) is 7.99. The second-order valence-electron chi connectivity index (χ2n) is 9.34. The van der Waals surface area contributed by atoms with Gasteiger partial charge in [0.1, 0.15) is 18.1 Å². The van der Waals surface area contributed by atoms with Crippen molar-refractivity contribution in [2.24, 2.45) is 0 Å². The number of carbonyl (C=O) groups is 1. The summed E-state index contributed by atoms with van der Waals surface area (Å²) < 4.78 is 57.7. The molecule has 1 amide bonds. The number of amides is 1. The van der Waals surface area contributed by atoms with Gasteiger partial charge in [-0.15, -0.1) is 0 Å². The number of carbonyl (C=O) groups excluding carboxylic acids is 1. The first-order chi connectivity index (χ1) is 18.7. The zero-order valence-corrected chi connectivity index (χ0v) is 21.5. The van der Waals surface area contributed by atoms with Gasteiger partial charge in [0.2, 0.25) is 0 Å². The van der Waals surface area contributed by atoms with Crippen LogP contribution in [0.1, 0.15) is 32.7 Å². The van der Waals surface area contributed by atoms with Crippen LogP contribution in [0.15, 0.2) is 48.7 Å². The van der Waals surface area contributed by atoms with Crippen LogP contribution in [0.3, 0.4) is 0 Å². The highest BCUT2D eigenvalue weighted by Crippen LogP contribution is 2.40. The van der Waals surface area contributed by atoms with Crippen LogP contribution in [0.4, 0.5) is 13.2 Å². The maximum atomic E-state index is 13.9. The van der Waals surface area contributed by atoms with Crippen molar-refractivity contribution in [2.45, 2.75) is 25.7 Å². The lowest BCUT2D eigenvalue weighted by Gasteiger charge is -2.31. The number of hydrogen-bond acceptors (Lipinski definition) is 6. The summed E-state index contributed by atoms with van der Waals surface area (Å²) in [5.41, 5.74) is 1.55. The Morgan fingerprint density at radius 1 is 0.949 bits per heavy atom. The number of nitrogens with zero attached hydrogens (tertiary/aromatic N) is 3. The molecule has 39 heavy (non-hydrogen) atoms. The van der Waals surface area contributed by atoms with Crippen LogP contribution < -0.4 is 9.47 Å². The quantitative estimate of drug-likeness (QED) is 0.466. The third kappa shape index (κ3) is 5.34. The second-order valence-corrected chi connectivity index (χ2v) is 9.34. The molecule has 1 fully saturated rings. The molecule has 0 spiro atoms. The zero-order chi connectivity index (χ0) is 27.7. The molecule has 8 nitrogen and oxygen atoms in total. The number of hydrogen-bond donors (Lipinski definition) is 1. The van der Waals surface area contributed by atoms with E-state index in [1.54, 1.807) is 42.2 Å². The number of nitrogens with one attached hydrogen (secondary N) is 1. The molecule has 0 bridgehead atoms. The molecule has 2 aromatic carbocycles. The van der Waals surface area contributed by atoms with Crippen LogP contribution in [0.25, 0.3) is 11.1 Å². The summed E-state index contributed by atoms with van der Waals surface area (Å²) in [7, 11) is 3.09. The smallest absolute Gasteiger partial charge is 0.433 e. The maximum absolute atomic E-state index is 13.9. The fraction of sp³-hybridized carbons (Fsp3) is 0.321. The number of halogens is 3. The molecule has 2 aliphatic rings. The Balaban J connectivity index is 1.57. The first-order valence-corrected chi connectivity index (χ1v) is 12.3. The largest absolute Gasteiger partial charge is 0.497 e. The second kappa shape index (κ2) is 10.5. The number of pyridine rings is 1. The van der Waals surface area contributed by atoms with Crippen molar-refractivity contribution in [1.82, 2.24) is 14.8 Å². The molecule has 204 valence electrons. The van der Waals surface area contributed by atoms with E-state index in [4.69, 9.17) is 19.6 Å². The monoisotopic (exact) mass is 540 g/mol. The molecule has 1 aromatic heterocycles. The molecule has 0 unspecified atom stereocenters. The van der Waals surface area contributed by atoms with Gasteiger partial charge >= 0.3 is 6.18 Å². The topological polar surface area (TPSA) is 88.0 Å². The minimum atomic E-state index is -4.67. The highest BCUT2D eigenvalue weighted by molar-refractivity contribution is 5.99. The standard InChI is InChI=1S/C28H27F3N4O4/c1-37-19-10-17(11-20(14-19)38-2)15-34-7-5-21-23(22-4-3-6-33-25(22)28(29,30)31)12-18(13-24(21)26(34)36)16-35-8-9-39-27(35)32/h3-4,6,10-14,32H,5,7-9,15-16H2,1-2H3. The van der Waals surface area contributed by atoms with Crippen molar-refractivity contribution in [3.05, 3.63) is 76.6 Å². The fourth-order valence-corrected chi connectivity index (χ4v) is 5.04. The van der Waals surface area contributed by atoms with E-state index in [0.29, 0.717) is 59.9 Å². The normalized spacial score (nSPS) is 15.3. The lowest BCUT2D eigenvalue weighted by Crippen LogP contribution is -2.37. The van der Waals surface area contributed by atoms with Crippen LogP contribution >= 0.6 is 0 Å². The van der Waals surface area contributed by atoms with Crippen molar-refractivity contribution in [2.75, 3.05) is 33.9 Å². The van der Waals surface area contributed by atoms with E-state index in [9.17, 15) is 18.0 Å². The minimum Gasteiger partial charge on any atom is -0.497 e. The number of aromatic nitrogens is 1. The Morgan fingerprint density at radius 2 is 1.62 bits per heavy atom. The molecule has 11 heteroatoms. The van der Waals surface area contributed by atoms with Crippen molar-refractivity contribution < 1.29 is 32.2 Å². The molecular weight excluding hydrogens is 513 g/mol. The predicted molar refractivity (Wildman–Crippen MR) is 137 cm³/mol. The van der Waals surface area contributed by atoms with Gasteiger partial charge in [-0.3, -0.25) is 15.2 Å². The van der Waals surface area contributed by atoms with E-state index >= 15 is 0 Å². The van der Waals surface area contributed by atoms with E-state index in [1.807, 2.05) is 12.1 Å². The predicted octanol–water partition coefficient (Wildman–Crippen LogP) is 4.75. The van der Waals surface area contributed by atoms with Gasteiger partial charge in [-0.1, -0.05) is 6.07 Å². The maximum Gasteiger partial charge on any atom is 0.433 e. The number of fused-ring (bicyclic) bond motifs is 1. The third-order valence-electron chi connectivity index (χ3n) is 6.87. The molecule has 3 aromatic rings. The Morgan fingerprint density at radius 3 is 2.26 bits per heavy atom. The van der Waals surface area contributed by atoms with Crippen LogP contribution in [-0.2, 0) is 30.4 Å². The molecule has 5 rings (SSSR count). The van der Waals surface area contributed by atoms with Crippen molar-refractivity contribution in [3.63, 3.8) is 0 Å². The summed E-state index contributed by atoms with van der Waals surface area (Å²) in [6.45, 7) is 1.65. The fourth-order valence-electron chi connectivity index (χ4n) is 5.04. The zero-order valence-electron chi connectivity index (χ0n) is 21.5. The number of alkyl halides is 3. The third-order valence-corrected chi connectivity index (χ3v) is 6.87. The minimum absolute atomic E-state index is 0.00782. The van der Waals surface area contributed by atoms with Gasteiger partial charge in [0.05, 0.1) is 20.8 Å². The highest BCUT2D eigenvalue weighted by atomic mass is 19.4. The highest BCUT2D eigenvalue weighted by Gasteiger charge is 2.37. The summed E-state index contributed by atoms with van der Waals surface area (Å²) in [6.07, 6.45) is -3.19. The summed E-state index contributed by atoms with van der Waals surface area (Å²) >= 11 is 0. The van der Waals surface area contributed by atoms with Crippen molar-refractivity contribution >= 4 is 11.9 Å². The Kier molecular flexibility index (Phi) is 7.07. The Bertz CT molecular complexity index is 1400. The SMILES string of the molecule is COc1cc(CN2CCc3c(cc(CN4CCOC4=N)cc3-c3cccnc3C(F)(F)F)C2=O)cc(OC)c1. The summed E-state index contributed by atoms with van der Waals surface area (Å²) in [4.78, 5) is 20.8. The summed E-state index contributed by atoms with van der Waals surface area (Å²) in [5.74, 6) is 0.891. The summed E-state index contributed by atoms with van der Waals surface area (Å²) in [6, 6.07) is 11.6. The first kappa shape index (κ1) is 26.3. The van der Waals surface area contributed by atoms with E-state index in [2.05, 4.69) is 4.98 Å². The van der Waals surface area contributed by atoms with Crippen molar-refractivity contribution in [1.29, 1.82) is 5.41 Å². The number of ether oxygens (including phenoxy) is 3. The molecule has 0 radical (unpaired) electrons. The molecule has 0 aliphatic carbocycles. The number of benzene rings is 2. The van der Waals surface area contributed by atoms with Gasteiger partial charge in [-0.2, -0.15) is 13.2 Å². The van der Waals surface area contributed by atoms with Crippen LogP contribution in [0.2, 0.25) is 0 Å². The van der Waals surface area contributed by atoms with Crippen molar-refractivity contribution in [3.8, 4) is 22.6 Å². The number of methoxy groups -OCH3 is 2. The first-order valence-electron chi connectivity index (χ1n) is 12.3. The van der Waals surface area contributed by atoms with E-state index < -0.39 is 11.9 Å². The van der Waals surface area contributed by atoms with Gasteiger partial charge in [-0.05, 0) is 59.0 Å². The Hall–Kier alpha value is -4.28. The van der Waals surface area contributed by atoms with Gasteiger partial charge in [0.25, 0.3) is 11.9 Å². The van der Waals surface area contributed by atoms with E-state index in [0.717, 1.165) is 11.8 Å². The molecular formula is C28H27F3N4O4. The Labute approximate surface area is 223 Å². The number of rotatable bonds is 7. The lowest BCUT2D eigenvalue weighted by atomic mass is 9.87. The molecule has 0 atom stereocenters. The molecule has 2 aliphatic heterocycles. The molecule has 3 heterocycles. The number of amidine groups is 1. The van der Waals surface area contributed by atoms with Crippen LogP contribution in [0.5, 0.6) is 11.5 Å². The van der Waals surface area contributed by atoms with E-state index in [-0.39, 0.29) is 30.6 Å². The van der Waals surface area contributed by atoms with E-state index in [1.165, 1.54) is 12.1 Å². The molecule has 1 N–H and O–H groups in total. The van der Waals surface area contributed by atoms with Gasteiger partial charge in [-0.25, -0.2) is 0 Å². The lowest BCUT2D eigenvalue weighted by molar-refractivity contribution is -0.140. The van der Waals surface area contributed by atoms with Gasteiger partial charge in [0, 0.05) is 43.0 Å². The van der Waals surface area contributed by atoms with Gasteiger partial charge < -0.3 is 24.0 Å².